The van der Waals surface area contributed by atoms with Crippen molar-refractivity contribution in [1.82, 2.24) is 15.0 Å². The summed E-state index contributed by atoms with van der Waals surface area (Å²) >= 11 is 0. The summed E-state index contributed by atoms with van der Waals surface area (Å²) < 4.78 is 0. The van der Waals surface area contributed by atoms with Crippen LogP contribution in [0.5, 0.6) is 0 Å². The van der Waals surface area contributed by atoms with Crippen molar-refractivity contribution in [3.63, 3.8) is 0 Å². The molecular weight excluding hydrogens is 500 g/mol. The van der Waals surface area contributed by atoms with Crippen molar-refractivity contribution in [2.75, 3.05) is 5.32 Å². The second-order valence-corrected chi connectivity index (χ2v) is 15.3. The Kier molecular flexibility index (Phi) is 7.94. The number of anilines is 2. The van der Waals surface area contributed by atoms with Gasteiger partial charge < -0.3 is 5.32 Å². The first-order valence-corrected chi connectivity index (χ1v) is 14.7. The third kappa shape index (κ3) is 7.04. The highest BCUT2D eigenvalue weighted by atomic mass is 15.1. The molecule has 41 heavy (non-hydrogen) atoms. The Labute approximate surface area is 248 Å². The van der Waals surface area contributed by atoms with Crippen molar-refractivity contribution in [2.45, 2.75) is 105 Å². The Morgan fingerprint density at radius 3 is 1.54 bits per heavy atom. The van der Waals surface area contributed by atoms with Gasteiger partial charge in [-0.3, -0.25) is 4.98 Å². The van der Waals surface area contributed by atoms with E-state index < -0.39 is 0 Å². The Bertz CT molecular complexity index is 1420. The van der Waals surface area contributed by atoms with E-state index in [0.717, 1.165) is 45.4 Å². The Balaban J connectivity index is 1.87. The molecular formula is C37H48N4. The van der Waals surface area contributed by atoms with Crippen LogP contribution >= 0.6 is 0 Å². The highest BCUT2D eigenvalue weighted by Crippen LogP contribution is 2.37. The van der Waals surface area contributed by atoms with Gasteiger partial charge in [-0.2, -0.15) is 0 Å². The Hall–Kier alpha value is -3.53. The smallest absolute Gasteiger partial charge is 0.136 e. The predicted octanol–water partition coefficient (Wildman–Crippen LogP) is 10.1. The lowest BCUT2D eigenvalue weighted by molar-refractivity contribution is 0.586. The molecule has 0 bridgehead atoms. The Morgan fingerprint density at radius 2 is 1.00 bits per heavy atom. The van der Waals surface area contributed by atoms with E-state index in [4.69, 9.17) is 15.0 Å². The molecule has 0 fully saturated rings. The highest BCUT2D eigenvalue weighted by molar-refractivity contribution is 5.70. The minimum atomic E-state index is -0.116. The van der Waals surface area contributed by atoms with E-state index in [9.17, 15) is 0 Å². The van der Waals surface area contributed by atoms with Gasteiger partial charge in [0.25, 0.3) is 0 Å². The number of hydrogen-bond acceptors (Lipinski definition) is 4. The molecule has 4 heteroatoms. The van der Waals surface area contributed by atoms with Crippen LogP contribution in [0, 0.1) is 0 Å². The molecule has 4 nitrogen and oxygen atoms in total. The fourth-order valence-corrected chi connectivity index (χ4v) is 4.92. The van der Waals surface area contributed by atoms with Crippen LogP contribution in [-0.4, -0.2) is 15.0 Å². The molecule has 4 aromatic rings. The van der Waals surface area contributed by atoms with E-state index in [-0.39, 0.29) is 21.7 Å². The number of nitrogens with zero attached hydrogens (tertiary/aromatic N) is 3. The fraction of sp³-hybridized carbons (Fsp3) is 0.432. The van der Waals surface area contributed by atoms with Crippen molar-refractivity contribution in [3.8, 4) is 22.6 Å². The first-order chi connectivity index (χ1) is 18.8. The monoisotopic (exact) mass is 548 g/mol. The SMILES string of the molecule is CC(C)(C)c1cccc(-c2ccc(C(C)(C)C)c(Nc3nc(-c4cc(C(C)(C)C)ccn4)ccc3C(C)(C)C)n2)c1. The van der Waals surface area contributed by atoms with Gasteiger partial charge in [0, 0.05) is 22.9 Å². The van der Waals surface area contributed by atoms with E-state index in [2.05, 4.69) is 149 Å². The standard InChI is InChI=1S/C37H48N4/c1-34(2,3)25-15-13-14-24(22-25)29-18-16-27(36(7,8)9)32(39-29)41-33-28(37(10,11)12)17-19-30(40-33)31-23-26(20-21-38-31)35(4,5)6/h13-23H,1-12H3,(H,39,40,41). The lowest BCUT2D eigenvalue weighted by Crippen LogP contribution is -2.18. The normalized spacial score (nSPS) is 12.9. The number of rotatable bonds is 4. The van der Waals surface area contributed by atoms with Crippen LogP contribution in [0.2, 0.25) is 0 Å². The average molecular weight is 549 g/mol. The van der Waals surface area contributed by atoms with Crippen molar-refractivity contribution in [1.29, 1.82) is 0 Å². The van der Waals surface area contributed by atoms with Crippen LogP contribution in [-0.2, 0) is 21.7 Å². The molecule has 3 heterocycles. The second-order valence-electron chi connectivity index (χ2n) is 15.3. The summed E-state index contributed by atoms with van der Waals surface area (Å²) in [5.41, 5.74) is 8.45. The van der Waals surface area contributed by atoms with Gasteiger partial charge >= 0.3 is 0 Å². The van der Waals surface area contributed by atoms with Crippen LogP contribution in [0.3, 0.4) is 0 Å². The molecule has 0 aliphatic rings. The molecule has 0 atom stereocenters. The van der Waals surface area contributed by atoms with E-state index in [1.807, 2.05) is 6.20 Å². The van der Waals surface area contributed by atoms with Crippen LogP contribution in [0.1, 0.15) is 105 Å². The Morgan fingerprint density at radius 1 is 0.488 bits per heavy atom. The van der Waals surface area contributed by atoms with Gasteiger partial charge in [-0.05, 0) is 63.1 Å². The van der Waals surface area contributed by atoms with Gasteiger partial charge in [0.05, 0.1) is 17.1 Å². The molecule has 1 aromatic carbocycles. The molecule has 0 unspecified atom stereocenters. The minimum Gasteiger partial charge on any atom is -0.324 e. The summed E-state index contributed by atoms with van der Waals surface area (Å²) in [7, 11) is 0. The molecule has 0 saturated heterocycles. The maximum absolute atomic E-state index is 5.23. The molecule has 0 radical (unpaired) electrons. The molecule has 3 aromatic heterocycles. The topological polar surface area (TPSA) is 50.7 Å². The molecule has 0 aliphatic carbocycles. The van der Waals surface area contributed by atoms with Crippen LogP contribution in [0.15, 0.2) is 66.9 Å². The maximum Gasteiger partial charge on any atom is 0.136 e. The number of hydrogen-bond donors (Lipinski definition) is 1. The molecule has 216 valence electrons. The summed E-state index contributed by atoms with van der Waals surface area (Å²) in [6.07, 6.45) is 1.89. The van der Waals surface area contributed by atoms with Gasteiger partial charge in [-0.1, -0.05) is 113 Å². The van der Waals surface area contributed by atoms with Crippen molar-refractivity contribution in [2.24, 2.45) is 0 Å². The van der Waals surface area contributed by atoms with E-state index in [1.165, 1.54) is 11.1 Å². The van der Waals surface area contributed by atoms with Gasteiger partial charge in [0.1, 0.15) is 11.6 Å². The van der Waals surface area contributed by atoms with E-state index in [0.29, 0.717) is 0 Å². The van der Waals surface area contributed by atoms with E-state index >= 15 is 0 Å². The maximum atomic E-state index is 5.23. The molecule has 1 N–H and O–H groups in total. The molecule has 0 spiro atoms. The van der Waals surface area contributed by atoms with Gasteiger partial charge in [-0.15, -0.1) is 0 Å². The van der Waals surface area contributed by atoms with E-state index in [1.54, 1.807) is 0 Å². The van der Waals surface area contributed by atoms with Gasteiger partial charge in [0.2, 0.25) is 0 Å². The lowest BCUT2D eigenvalue weighted by atomic mass is 9.85. The zero-order valence-corrected chi connectivity index (χ0v) is 27.2. The fourth-order valence-electron chi connectivity index (χ4n) is 4.92. The number of nitrogens with one attached hydrogen (secondary N) is 1. The third-order valence-electron chi connectivity index (χ3n) is 7.56. The van der Waals surface area contributed by atoms with Crippen molar-refractivity contribution < 1.29 is 0 Å². The second kappa shape index (κ2) is 10.7. The first-order valence-electron chi connectivity index (χ1n) is 14.7. The number of pyridine rings is 3. The molecule has 4 rings (SSSR count). The largest absolute Gasteiger partial charge is 0.324 e. The first kappa shape index (κ1) is 30.4. The van der Waals surface area contributed by atoms with Crippen LogP contribution in [0.4, 0.5) is 11.6 Å². The number of benzene rings is 1. The predicted molar refractivity (Wildman–Crippen MR) is 175 cm³/mol. The lowest BCUT2D eigenvalue weighted by Gasteiger charge is -2.27. The average Bonchev–Trinajstić information content (AvgIpc) is 2.86. The van der Waals surface area contributed by atoms with Gasteiger partial charge in [-0.25, -0.2) is 9.97 Å². The van der Waals surface area contributed by atoms with Crippen LogP contribution < -0.4 is 5.32 Å². The van der Waals surface area contributed by atoms with Crippen molar-refractivity contribution >= 4 is 11.6 Å². The minimum absolute atomic E-state index is 0.0282. The summed E-state index contributed by atoms with van der Waals surface area (Å²) in [5.74, 6) is 1.65. The third-order valence-corrected chi connectivity index (χ3v) is 7.56. The molecule has 0 aliphatic heterocycles. The van der Waals surface area contributed by atoms with Gasteiger partial charge in [0.15, 0.2) is 0 Å². The van der Waals surface area contributed by atoms with Crippen molar-refractivity contribution in [3.05, 3.63) is 89.1 Å². The quantitative estimate of drug-likeness (QED) is 0.276. The summed E-state index contributed by atoms with van der Waals surface area (Å²) in [6, 6.07) is 21.6. The zero-order valence-electron chi connectivity index (χ0n) is 27.2. The molecule has 0 saturated carbocycles. The summed E-state index contributed by atoms with van der Waals surface area (Å²) in [4.78, 5) is 15.1. The summed E-state index contributed by atoms with van der Waals surface area (Å²) in [5, 5.41) is 3.71. The van der Waals surface area contributed by atoms with Crippen LogP contribution in [0.25, 0.3) is 22.6 Å². The molecule has 0 amide bonds. The number of aromatic nitrogens is 3. The summed E-state index contributed by atoms with van der Waals surface area (Å²) in [6.45, 7) is 26.7. The zero-order chi connectivity index (χ0) is 30.4. The highest BCUT2D eigenvalue weighted by Gasteiger charge is 2.25.